The molecule has 12 rings (SSSR count). The van der Waals surface area contributed by atoms with Crippen molar-refractivity contribution in [2.75, 3.05) is 4.90 Å². The van der Waals surface area contributed by atoms with Gasteiger partial charge in [0.2, 0.25) is 0 Å². The van der Waals surface area contributed by atoms with Crippen LogP contribution in [-0.2, 0) is 0 Å². The normalized spacial score (nSPS) is 11.6. The molecule has 0 aliphatic rings. The van der Waals surface area contributed by atoms with E-state index in [1.165, 1.54) is 43.7 Å². The molecule has 0 aliphatic carbocycles. The number of benzene rings is 10. The Morgan fingerprint density at radius 1 is 0.344 bits per heavy atom. The summed E-state index contributed by atoms with van der Waals surface area (Å²) >= 11 is 0. The molecule has 0 saturated carbocycles. The molecule has 0 atom stereocenters. The van der Waals surface area contributed by atoms with Gasteiger partial charge >= 0.3 is 0 Å². The number of furan rings is 1. The molecule has 0 amide bonds. The molecule has 61 heavy (non-hydrogen) atoms. The van der Waals surface area contributed by atoms with Crippen LogP contribution in [-0.4, -0.2) is 4.57 Å². The van der Waals surface area contributed by atoms with Gasteiger partial charge in [0, 0.05) is 49.7 Å². The van der Waals surface area contributed by atoms with Gasteiger partial charge < -0.3 is 13.9 Å². The molecule has 12 aromatic rings. The molecule has 0 N–H and O–H groups in total. The quantitative estimate of drug-likeness (QED) is 0.161. The van der Waals surface area contributed by atoms with E-state index in [-0.39, 0.29) is 0 Å². The van der Waals surface area contributed by atoms with Crippen molar-refractivity contribution < 1.29 is 4.42 Å². The van der Waals surface area contributed by atoms with Crippen molar-refractivity contribution in [2.24, 2.45) is 0 Å². The second kappa shape index (κ2) is 14.3. The largest absolute Gasteiger partial charge is 0.455 e. The van der Waals surface area contributed by atoms with E-state index < -0.39 is 0 Å². The van der Waals surface area contributed by atoms with E-state index in [0.717, 1.165) is 66.9 Å². The summed E-state index contributed by atoms with van der Waals surface area (Å²) in [5, 5.41) is 7.24. The Kier molecular flexibility index (Phi) is 8.17. The highest BCUT2D eigenvalue weighted by atomic mass is 16.3. The highest BCUT2D eigenvalue weighted by Crippen LogP contribution is 2.45. The SMILES string of the molecule is c1cc(-c2ccc(-c3cccc4ccccc34)cc2)cc(N(c2ccc(-n3c4ccccc4c4ccccc43)cc2)c2ccccc2-c2cccc3c2oc2ccccc23)c1. The van der Waals surface area contributed by atoms with Crippen molar-refractivity contribution >= 4 is 71.6 Å². The van der Waals surface area contributed by atoms with Gasteiger partial charge in [-0.1, -0.05) is 170 Å². The van der Waals surface area contributed by atoms with Crippen LogP contribution in [0.15, 0.2) is 235 Å². The topological polar surface area (TPSA) is 21.3 Å². The number of anilines is 3. The number of aromatic nitrogens is 1. The van der Waals surface area contributed by atoms with Crippen LogP contribution < -0.4 is 4.90 Å². The molecular formula is C58H38N2O. The monoisotopic (exact) mass is 778 g/mol. The lowest BCUT2D eigenvalue weighted by atomic mass is 9.96. The van der Waals surface area contributed by atoms with E-state index in [1.807, 2.05) is 6.07 Å². The number of nitrogens with zero attached hydrogens (tertiary/aromatic N) is 2. The summed E-state index contributed by atoms with van der Waals surface area (Å²) in [5.41, 5.74) is 15.3. The second-order valence-corrected chi connectivity index (χ2v) is 15.7. The molecule has 0 saturated heterocycles. The third-order valence-corrected chi connectivity index (χ3v) is 12.2. The summed E-state index contributed by atoms with van der Waals surface area (Å²) in [6, 6.07) is 82.9. The molecular weight excluding hydrogens is 741 g/mol. The summed E-state index contributed by atoms with van der Waals surface area (Å²) in [5.74, 6) is 0. The molecule has 2 heterocycles. The number of fused-ring (bicyclic) bond motifs is 7. The maximum absolute atomic E-state index is 6.63. The number of hydrogen-bond donors (Lipinski definition) is 0. The summed E-state index contributed by atoms with van der Waals surface area (Å²) in [6.45, 7) is 0. The molecule has 0 radical (unpaired) electrons. The van der Waals surface area contributed by atoms with Gasteiger partial charge in [-0.05, 0) is 93.7 Å². The second-order valence-electron chi connectivity index (χ2n) is 15.7. The highest BCUT2D eigenvalue weighted by molar-refractivity contribution is 6.11. The van der Waals surface area contributed by atoms with Crippen LogP contribution in [0.25, 0.3) is 93.6 Å². The van der Waals surface area contributed by atoms with Crippen molar-refractivity contribution in [2.45, 2.75) is 0 Å². The van der Waals surface area contributed by atoms with Crippen molar-refractivity contribution in [3.8, 4) is 39.1 Å². The average Bonchev–Trinajstić information content (AvgIpc) is 3.88. The highest BCUT2D eigenvalue weighted by Gasteiger charge is 2.21. The molecule has 0 fully saturated rings. The Morgan fingerprint density at radius 2 is 0.918 bits per heavy atom. The van der Waals surface area contributed by atoms with Crippen LogP contribution in [0, 0.1) is 0 Å². The summed E-state index contributed by atoms with van der Waals surface area (Å²) in [6.07, 6.45) is 0. The minimum Gasteiger partial charge on any atom is -0.455 e. The van der Waals surface area contributed by atoms with Crippen LogP contribution in [0.5, 0.6) is 0 Å². The lowest BCUT2D eigenvalue weighted by molar-refractivity contribution is 0.670. The van der Waals surface area contributed by atoms with E-state index >= 15 is 0 Å². The molecule has 0 aliphatic heterocycles. The predicted octanol–water partition coefficient (Wildman–Crippen LogP) is 16.3. The van der Waals surface area contributed by atoms with E-state index in [0.29, 0.717) is 0 Å². The zero-order valence-corrected chi connectivity index (χ0v) is 33.2. The van der Waals surface area contributed by atoms with Gasteiger partial charge in [0.1, 0.15) is 11.2 Å². The third kappa shape index (κ3) is 5.82. The van der Waals surface area contributed by atoms with Gasteiger partial charge in [-0.15, -0.1) is 0 Å². The Bertz CT molecular complexity index is 3530. The Balaban J connectivity index is 1.01. The minimum atomic E-state index is 0.887. The smallest absolute Gasteiger partial charge is 0.143 e. The van der Waals surface area contributed by atoms with Crippen molar-refractivity contribution in [3.05, 3.63) is 231 Å². The van der Waals surface area contributed by atoms with Crippen LogP contribution in [0.4, 0.5) is 17.1 Å². The summed E-state index contributed by atoms with van der Waals surface area (Å²) in [7, 11) is 0. The molecule has 3 heteroatoms. The summed E-state index contributed by atoms with van der Waals surface area (Å²) in [4.78, 5) is 2.39. The molecule has 0 spiro atoms. The Hall–Kier alpha value is -8.14. The van der Waals surface area contributed by atoms with Gasteiger partial charge in [0.15, 0.2) is 0 Å². The van der Waals surface area contributed by atoms with Crippen LogP contribution >= 0.6 is 0 Å². The van der Waals surface area contributed by atoms with E-state index in [1.54, 1.807) is 0 Å². The van der Waals surface area contributed by atoms with E-state index in [4.69, 9.17) is 4.42 Å². The first kappa shape index (κ1) is 34.9. The average molecular weight is 779 g/mol. The van der Waals surface area contributed by atoms with Crippen LogP contribution in [0.3, 0.4) is 0 Å². The van der Waals surface area contributed by atoms with Gasteiger partial charge in [-0.2, -0.15) is 0 Å². The predicted molar refractivity (Wildman–Crippen MR) is 257 cm³/mol. The fraction of sp³-hybridized carbons (Fsp3) is 0. The molecule has 0 bridgehead atoms. The zero-order chi connectivity index (χ0) is 40.3. The van der Waals surface area contributed by atoms with Crippen molar-refractivity contribution in [1.29, 1.82) is 0 Å². The summed E-state index contributed by atoms with van der Waals surface area (Å²) < 4.78 is 9.00. The van der Waals surface area contributed by atoms with Crippen molar-refractivity contribution in [1.82, 2.24) is 4.57 Å². The zero-order valence-electron chi connectivity index (χ0n) is 33.2. The first-order chi connectivity index (χ1) is 30.3. The van der Waals surface area contributed by atoms with Crippen molar-refractivity contribution in [3.63, 3.8) is 0 Å². The van der Waals surface area contributed by atoms with Gasteiger partial charge in [-0.25, -0.2) is 0 Å². The Morgan fingerprint density at radius 3 is 1.72 bits per heavy atom. The Labute approximate surface area is 353 Å². The fourth-order valence-corrected chi connectivity index (χ4v) is 9.38. The lowest BCUT2D eigenvalue weighted by Crippen LogP contribution is -2.11. The number of rotatable bonds is 7. The fourth-order valence-electron chi connectivity index (χ4n) is 9.38. The standard InChI is InChI=1S/C58H38N2O/c1-2-18-46-40(14-1)15-12-23-47(46)41-32-30-39(31-33-41)42-16-11-17-45(38-42)59(43-34-36-44(37-35-43)60-55-27-8-3-19-48(55)49-20-4-9-28-56(49)60)54-26-7-5-21-50(54)52-24-13-25-53-51-22-6-10-29-57(51)61-58(52)53/h1-38H. The van der Waals surface area contributed by atoms with Gasteiger partial charge in [0.25, 0.3) is 0 Å². The maximum atomic E-state index is 6.63. The molecule has 3 nitrogen and oxygen atoms in total. The maximum Gasteiger partial charge on any atom is 0.143 e. The molecule has 2 aromatic heterocycles. The van der Waals surface area contributed by atoms with Crippen LogP contribution in [0.1, 0.15) is 0 Å². The molecule has 286 valence electrons. The minimum absolute atomic E-state index is 0.887. The van der Waals surface area contributed by atoms with Gasteiger partial charge in [0.05, 0.1) is 16.7 Å². The number of hydrogen-bond acceptors (Lipinski definition) is 2. The lowest BCUT2D eigenvalue weighted by Gasteiger charge is -2.28. The number of para-hydroxylation sites is 5. The first-order valence-electron chi connectivity index (χ1n) is 20.8. The van der Waals surface area contributed by atoms with Gasteiger partial charge in [-0.3, -0.25) is 0 Å². The molecule has 10 aromatic carbocycles. The molecule has 0 unspecified atom stereocenters. The van der Waals surface area contributed by atoms with E-state index in [9.17, 15) is 0 Å². The van der Waals surface area contributed by atoms with Crippen LogP contribution in [0.2, 0.25) is 0 Å². The third-order valence-electron chi connectivity index (χ3n) is 12.2. The first-order valence-corrected chi connectivity index (χ1v) is 20.8. The van der Waals surface area contributed by atoms with E-state index in [2.05, 4.69) is 234 Å².